The fraction of sp³-hybridized carbons (Fsp3) is 0.417. The van der Waals surface area contributed by atoms with Crippen LogP contribution in [0.15, 0.2) is 24.3 Å². The highest BCUT2D eigenvalue weighted by Gasteiger charge is 2.17. The van der Waals surface area contributed by atoms with E-state index in [0.717, 1.165) is 26.1 Å². The van der Waals surface area contributed by atoms with Crippen LogP contribution in [0.4, 0.5) is 4.79 Å². The molecular weight excluding hydrogens is 240 g/mol. The van der Waals surface area contributed by atoms with E-state index in [1.54, 1.807) is 29.2 Å². The van der Waals surface area contributed by atoms with E-state index in [2.05, 4.69) is 5.32 Å². The van der Waals surface area contributed by atoms with Gasteiger partial charge in [-0.15, -0.1) is 0 Å². The van der Waals surface area contributed by atoms with Gasteiger partial charge in [0.1, 0.15) is 5.75 Å². The predicted octanol–water partition coefficient (Wildman–Crippen LogP) is 2.13. The largest absolute Gasteiger partial charge is 0.415 e. The van der Waals surface area contributed by atoms with Gasteiger partial charge in [0.25, 0.3) is 0 Å². The predicted molar refractivity (Wildman–Crippen MR) is 66.5 cm³/mol. The summed E-state index contributed by atoms with van der Waals surface area (Å²) >= 11 is 5.83. The third-order valence-corrected chi connectivity index (χ3v) is 2.83. The van der Waals surface area contributed by atoms with Crippen LogP contribution in [0.2, 0.25) is 5.02 Å². The van der Waals surface area contributed by atoms with Gasteiger partial charge in [-0.3, -0.25) is 0 Å². The molecule has 0 bridgehead atoms. The zero-order valence-corrected chi connectivity index (χ0v) is 10.2. The van der Waals surface area contributed by atoms with Crippen molar-refractivity contribution in [1.82, 2.24) is 10.2 Å². The van der Waals surface area contributed by atoms with Crippen LogP contribution in [-0.4, -0.2) is 37.2 Å². The Hall–Kier alpha value is -1.26. The summed E-state index contributed by atoms with van der Waals surface area (Å²) in [5.74, 6) is 0.486. The van der Waals surface area contributed by atoms with E-state index in [0.29, 0.717) is 17.3 Å². The number of ether oxygens (including phenoxy) is 1. The van der Waals surface area contributed by atoms with Crippen LogP contribution in [-0.2, 0) is 0 Å². The maximum atomic E-state index is 11.9. The molecule has 0 saturated carbocycles. The Morgan fingerprint density at radius 2 is 2.24 bits per heavy atom. The van der Waals surface area contributed by atoms with Crippen molar-refractivity contribution in [3.05, 3.63) is 29.3 Å². The summed E-state index contributed by atoms with van der Waals surface area (Å²) in [7, 11) is 0. The second-order valence-corrected chi connectivity index (χ2v) is 4.35. The van der Waals surface area contributed by atoms with E-state index in [-0.39, 0.29) is 6.09 Å². The lowest BCUT2D eigenvalue weighted by Crippen LogP contribution is -2.36. The molecule has 1 aliphatic rings. The van der Waals surface area contributed by atoms with Gasteiger partial charge in [0.2, 0.25) is 0 Å². The van der Waals surface area contributed by atoms with Crippen molar-refractivity contribution in [3.63, 3.8) is 0 Å². The second kappa shape index (κ2) is 5.89. The summed E-state index contributed by atoms with van der Waals surface area (Å²) in [5.41, 5.74) is 0. The van der Waals surface area contributed by atoms with Crippen LogP contribution in [0, 0.1) is 0 Å². The highest BCUT2D eigenvalue weighted by Crippen LogP contribution is 2.18. The first-order valence-corrected chi connectivity index (χ1v) is 6.06. The van der Waals surface area contributed by atoms with Gasteiger partial charge in [0.05, 0.1) is 0 Å². The third-order valence-electron chi connectivity index (χ3n) is 2.60. The zero-order valence-electron chi connectivity index (χ0n) is 9.49. The van der Waals surface area contributed by atoms with E-state index in [9.17, 15) is 4.79 Å². The fourth-order valence-corrected chi connectivity index (χ4v) is 1.90. The first kappa shape index (κ1) is 12.2. The lowest BCUT2D eigenvalue weighted by atomic mass is 10.3. The molecule has 5 heteroatoms. The molecule has 17 heavy (non-hydrogen) atoms. The van der Waals surface area contributed by atoms with Gasteiger partial charge in [-0.05, 0) is 31.2 Å². The molecule has 2 rings (SSSR count). The average Bonchev–Trinajstić information content (AvgIpc) is 2.57. The number of carbonyl (C=O) groups is 1. The molecule has 0 spiro atoms. The number of rotatable bonds is 1. The minimum Gasteiger partial charge on any atom is -0.410 e. The van der Waals surface area contributed by atoms with E-state index < -0.39 is 0 Å². The molecule has 1 aliphatic heterocycles. The molecule has 1 saturated heterocycles. The molecule has 1 fully saturated rings. The van der Waals surface area contributed by atoms with Crippen molar-refractivity contribution < 1.29 is 9.53 Å². The summed E-state index contributed by atoms with van der Waals surface area (Å²) in [6.45, 7) is 3.16. The monoisotopic (exact) mass is 254 g/mol. The average molecular weight is 255 g/mol. The molecule has 1 aromatic rings. The number of halogens is 1. The Morgan fingerprint density at radius 1 is 1.35 bits per heavy atom. The standard InChI is InChI=1S/C12H15ClN2O2/c13-10-3-1-4-11(9-10)17-12(16)15-7-2-5-14-6-8-15/h1,3-4,9,14H,2,5-8H2. The van der Waals surface area contributed by atoms with E-state index in [1.165, 1.54) is 0 Å². The van der Waals surface area contributed by atoms with Crippen LogP contribution in [0.25, 0.3) is 0 Å². The first-order chi connectivity index (χ1) is 8.25. The van der Waals surface area contributed by atoms with Crippen molar-refractivity contribution in [2.45, 2.75) is 6.42 Å². The van der Waals surface area contributed by atoms with Crippen molar-refractivity contribution >= 4 is 17.7 Å². The maximum Gasteiger partial charge on any atom is 0.415 e. The number of nitrogens with zero attached hydrogens (tertiary/aromatic N) is 1. The number of nitrogens with one attached hydrogen (secondary N) is 1. The lowest BCUT2D eigenvalue weighted by Gasteiger charge is -2.19. The summed E-state index contributed by atoms with van der Waals surface area (Å²) in [5, 5.41) is 3.80. The fourth-order valence-electron chi connectivity index (χ4n) is 1.72. The summed E-state index contributed by atoms with van der Waals surface area (Å²) in [6.07, 6.45) is 0.640. The molecule has 1 aromatic carbocycles. The van der Waals surface area contributed by atoms with Crippen LogP contribution in [0.3, 0.4) is 0 Å². The quantitative estimate of drug-likeness (QED) is 0.835. The van der Waals surface area contributed by atoms with Gasteiger partial charge in [0, 0.05) is 24.7 Å². The molecule has 4 nitrogen and oxygen atoms in total. The molecule has 0 atom stereocenters. The number of hydrogen-bond donors (Lipinski definition) is 1. The zero-order chi connectivity index (χ0) is 12.1. The van der Waals surface area contributed by atoms with Crippen molar-refractivity contribution in [2.75, 3.05) is 26.2 Å². The number of carbonyl (C=O) groups excluding carboxylic acids is 1. The molecule has 1 N–H and O–H groups in total. The van der Waals surface area contributed by atoms with Crippen molar-refractivity contribution in [2.24, 2.45) is 0 Å². The summed E-state index contributed by atoms with van der Waals surface area (Å²) < 4.78 is 5.26. The van der Waals surface area contributed by atoms with E-state index in [1.807, 2.05) is 0 Å². The molecule has 0 radical (unpaired) electrons. The van der Waals surface area contributed by atoms with Gasteiger partial charge < -0.3 is 15.0 Å². The van der Waals surface area contributed by atoms with Crippen molar-refractivity contribution in [3.8, 4) is 5.75 Å². The van der Waals surface area contributed by atoms with E-state index in [4.69, 9.17) is 16.3 Å². The molecular formula is C12H15ClN2O2. The number of amides is 1. The molecule has 0 unspecified atom stereocenters. The van der Waals surface area contributed by atoms with Crippen molar-refractivity contribution in [1.29, 1.82) is 0 Å². The Labute approximate surface area is 106 Å². The smallest absolute Gasteiger partial charge is 0.410 e. The molecule has 1 amide bonds. The summed E-state index contributed by atoms with van der Waals surface area (Å²) in [4.78, 5) is 13.6. The van der Waals surface area contributed by atoms with Crippen LogP contribution in [0.1, 0.15) is 6.42 Å². The summed E-state index contributed by atoms with van der Waals surface area (Å²) in [6, 6.07) is 6.86. The first-order valence-electron chi connectivity index (χ1n) is 5.69. The second-order valence-electron chi connectivity index (χ2n) is 3.92. The molecule has 92 valence electrons. The molecule has 1 heterocycles. The highest BCUT2D eigenvalue weighted by molar-refractivity contribution is 6.30. The van der Waals surface area contributed by atoms with Gasteiger partial charge in [0.15, 0.2) is 0 Å². The van der Waals surface area contributed by atoms with Crippen LogP contribution < -0.4 is 10.1 Å². The SMILES string of the molecule is O=C(Oc1cccc(Cl)c1)N1CCCNCC1. The number of benzene rings is 1. The lowest BCUT2D eigenvalue weighted by molar-refractivity contribution is 0.155. The van der Waals surface area contributed by atoms with E-state index >= 15 is 0 Å². The molecule has 0 aliphatic carbocycles. The van der Waals surface area contributed by atoms with Gasteiger partial charge in [-0.2, -0.15) is 0 Å². The minimum absolute atomic E-state index is 0.309. The normalized spacial score (nSPS) is 16.4. The Balaban J connectivity index is 1.95. The number of hydrogen-bond acceptors (Lipinski definition) is 3. The minimum atomic E-state index is -0.309. The van der Waals surface area contributed by atoms with Crippen LogP contribution >= 0.6 is 11.6 Å². The topological polar surface area (TPSA) is 41.6 Å². The Bertz CT molecular complexity index is 390. The highest BCUT2D eigenvalue weighted by atomic mass is 35.5. The Morgan fingerprint density at radius 3 is 3.06 bits per heavy atom. The molecule has 0 aromatic heterocycles. The third kappa shape index (κ3) is 3.61. The van der Waals surface area contributed by atoms with Gasteiger partial charge in [-0.25, -0.2) is 4.79 Å². The van der Waals surface area contributed by atoms with Gasteiger partial charge in [-0.1, -0.05) is 17.7 Å². The maximum absolute atomic E-state index is 11.9. The Kier molecular flexibility index (Phi) is 4.23. The van der Waals surface area contributed by atoms with Crippen LogP contribution in [0.5, 0.6) is 5.75 Å². The van der Waals surface area contributed by atoms with Gasteiger partial charge >= 0.3 is 6.09 Å².